The van der Waals surface area contributed by atoms with Crippen molar-refractivity contribution in [1.82, 2.24) is 9.21 Å². The molecule has 1 unspecified atom stereocenters. The molecule has 0 aliphatic carbocycles. The van der Waals surface area contributed by atoms with Crippen molar-refractivity contribution in [3.05, 3.63) is 57.7 Å². The second-order valence-electron chi connectivity index (χ2n) is 8.15. The number of benzene rings is 2. The molecule has 0 radical (unpaired) electrons. The Hall–Kier alpha value is -1.86. The molecule has 2 aliphatic rings. The van der Waals surface area contributed by atoms with Gasteiger partial charge in [-0.3, -0.25) is 14.5 Å². The van der Waals surface area contributed by atoms with E-state index in [4.69, 9.17) is 4.74 Å². The third-order valence-corrected chi connectivity index (χ3v) is 8.56. The van der Waals surface area contributed by atoms with Crippen LogP contribution in [0.1, 0.15) is 12.0 Å². The van der Waals surface area contributed by atoms with Crippen LogP contribution in [-0.4, -0.2) is 74.9 Å². The summed E-state index contributed by atoms with van der Waals surface area (Å²) >= 11 is 2.15. The highest BCUT2D eigenvalue weighted by Crippen LogP contribution is 2.29. The summed E-state index contributed by atoms with van der Waals surface area (Å²) < 4.78 is 34.8. The van der Waals surface area contributed by atoms with Crippen molar-refractivity contribution in [2.45, 2.75) is 24.3 Å². The molecule has 176 valence electrons. The normalized spacial score (nSPS) is 20.1. The fourth-order valence-corrected chi connectivity index (χ4v) is 5.99. The van der Waals surface area contributed by atoms with Crippen LogP contribution < -0.4 is 4.90 Å². The maximum Gasteiger partial charge on any atom is 0.252 e. The van der Waals surface area contributed by atoms with E-state index >= 15 is 0 Å². The minimum Gasteiger partial charge on any atom is -0.379 e. The topological polar surface area (TPSA) is 87.2 Å². The van der Waals surface area contributed by atoms with Crippen molar-refractivity contribution >= 4 is 50.1 Å². The number of amides is 2. The average molecular weight is 583 g/mol. The number of hydrogen-bond acceptors (Lipinski definition) is 6. The molecule has 2 aliphatic heterocycles. The van der Waals surface area contributed by atoms with E-state index in [0.29, 0.717) is 38.5 Å². The second kappa shape index (κ2) is 10.2. The van der Waals surface area contributed by atoms with Gasteiger partial charge < -0.3 is 4.74 Å². The maximum atomic E-state index is 13.6. The van der Waals surface area contributed by atoms with E-state index < -0.39 is 27.9 Å². The largest absolute Gasteiger partial charge is 0.379 e. The van der Waals surface area contributed by atoms with Gasteiger partial charge in [0, 0.05) is 29.7 Å². The van der Waals surface area contributed by atoms with Crippen LogP contribution in [0.15, 0.2) is 53.4 Å². The van der Waals surface area contributed by atoms with Crippen molar-refractivity contribution in [3.8, 4) is 0 Å². The molecule has 0 aromatic heterocycles. The maximum absolute atomic E-state index is 13.6. The summed E-state index contributed by atoms with van der Waals surface area (Å²) in [6.07, 6.45) is -0.182. The number of morpholine rings is 1. The number of ether oxygens (including phenoxy) is 1. The zero-order valence-electron chi connectivity index (χ0n) is 18.3. The molecule has 0 spiro atoms. The Labute approximate surface area is 207 Å². The highest BCUT2D eigenvalue weighted by molar-refractivity contribution is 14.1. The van der Waals surface area contributed by atoms with Crippen LogP contribution >= 0.6 is 22.6 Å². The minimum atomic E-state index is -4.00. The van der Waals surface area contributed by atoms with Gasteiger partial charge in [0.25, 0.3) is 5.91 Å². The van der Waals surface area contributed by atoms with Crippen molar-refractivity contribution in [2.75, 3.05) is 44.3 Å². The first kappa shape index (κ1) is 24.3. The fourth-order valence-electron chi connectivity index (χ4n) is 4.06. The zero-order chi connectivity index (χ0) is 23.6. The summed E-state index contributed by atoms with van der Waals surface area (Å²) in [4.78, 5) is 29.6. The molecule has 2 amide bonds. The first-order valence-corrected chi connectivity index (χ1v) is 13.3. The molecule has 2 heterocycles. The second-order valence-corrected chi connectivity index (χ2v) is 11.3. The monoisotopic (exact) mass is 583 g/mol. The van der Waals surface area contributed by atoms with Crippen LogP contribution in [0.5, 0.6) is 0 Å². The predicted octanol–water partition coefficient (Wildman–Crippen LogP) is 2.25. The lowest BCUT2D eigenvalue weighted by molar-refractivity contribution is -0.122. The summed E-state index contributed by atoms with van der Waals surface area (Å²) in [6.45, 7) is 5.02. The van der Waals surface area contributed by atoms with E-state index in [1.807, 2.05) is 19.1 Å². The van der Waals surface area contributed by atoms with E-state index in [1.165, 1.54) is 4.31 Å². The van der Waals surface area contributed by atoms with Gasteiger partial charge in [-0.1, -0.05) is 17.7 Å². The van der Waals surface area contributed by atoms with E-state index in [-0.39, 0.29) is 17.9 Å². The molecule has 8 nitrogen and oxygen atoms in total. The SMILES string of the molecule is Cc1ccc(S(=O)(=O)N(CCN2CCOCC2)C2CC(=O)N(c3ccc(I)cc3)C2=O)cc1. The van der Waals surface area contributed by atoms with Gasteiger partial charge in [0.1, 0.15) is 6.04 Å². The Morgan fingerprint density at radius 3 is 2.30 bits per heavy atom. The van der Waals surface area contributed by atoms with Crippen LogP contribution in [0.25, 0.3) is 0 Å². The molecule has 2 saturated heterocycles. The van der Waals surface area contributed by atoms with Crippen molar-refractivity contribution in [2.24, 2.45) is 0 Å². The molecule has 4 rings (SSSR count). The summed E-state index contributed by atoms with van der Waals surface area (Å²) in [5, 5.41) is 0. The Morgan fingerprint density at radius 2 is 1.67 bits per heavy atom. The number of anilines is 1. The number of rotatable bonds is 7. The Kier molecular flexibility index (Phi) is 7.49. The quantitative estimate of drug-likeness (QED) is 0.367. The van der Waals surface area contributed by atoms with Gasteiger partial charge in [0.2, 0.25) is 15.9 Å². The highest BCUT2D eigenvalue weighted by atomic mass is 127. The van der Waals surface area contributed by atoms with Gasteiger partial charge in [-0.2, -0.15) is 4.31 Å². The smallest absolute Gasteiger partial charge is 0.252 e. The van der Waals surface area contributed by atoms with Crippen LogP contribution in [0.4, 0.5) is 5.69 Å². The number of halogens is 1. The number of sulfonamides is 1. The lowest BCUT2D eigenvalue weighted by Crippen LogP contribution is -2.49. The molecule has 2 fully saturated rings. The van der Waals surface area contributed by atoms with Crippen LogP contribution in [0, 0.1) is 10.5 Å². The summed E-state index contributed by atoms with van der Waals surface area (Å²) in [5.74, 6) is -0.916. The van der Waals surface area contributed by atoms with Gasteiger partial charge in [-0.25, -0.2) is 13.3 Å². The summed E-state index contributed by atoms with van der Waals surface area (Å²) in [6, 6.07) is 12.5. The van der Waals surface area contributed by atoms with Crippen molar-refractivity contribution < 1.29 is 22.7 Å². The molecule has 0 saturated carbocycles. The number of aryl methyl sites for hydroxylation is 1. The number of nitrogens with zero attached hydrogens (tertiary/aromatic N) is 3. The minimum absolute atomic E-state index is 0.112. The molecule has 0 N–H and O–H groups in total. The third-order valence-electron chi connectivity index (χ3n) is 5.92. The van der Waals surface area contributed by atoms with Gasteiger partial charge in [0.15, 0.2) is 0 Å². The van der Waals surface area contributed by atoms with E-state index in [2.05, 4.69) is 27.5 Å². The highest BCUT2D eigenvalue weighted by Gasteiger charge is 2.46. The van der Waals surface area contributed by atoms with Crippen molar-refractivity contribution in [1.29, 1.82) is 0 Å². The fraction of sp³-hybridized carbons (Fsp3) is 0.391. The molecule has 1 atom stereocenters. The molecular weight excluding hydrogens is 557 g/mol. The first-order valence-electron chi connectivity index (χ1n) is 10.8. The van der Waals surface area contributed by atoms with E-state index in [0.717, 1.165) is 14.0 Å². The van der Waals surface area contributed by atoms with Gasteiger partial charge in [-0.15, -0.1) is 0 Å². The van der Waals surface area contributed by atoms with E-state index in [9.17, 15) is 18.0 Å². The number of hydrogen-bond donors (Lipinski definition) is 0. The number of carbonyl (C=O) groups excluding carboxylic acids is 2. The van der Waals surface area contributed by atoms with Crippen LogP contribution in [0.3, 0.4) is 0 Å². The average Bonchev–Trinajstić information content (AvgIpc) is 3.09. The Morgan fingerprint density at radius 1 is 1.03 bits per heavy atom. The van der Waals surface area contributed by atoms with Gasteiger partial charge >= 0.3 is 0 Å². The van der Waals surface area contributed by atoms with Gasteiger partial charge in [0.05, 0.1) is 30.2 Å². The third kappa shape index (κ3) is 5.29. The standard InChI is InChI=1S/C23H26IN3O5S/c1-17-2-8-20(9-3-17)33(30,31)26(11-10-25-12-14-32-15-13-25)21-16-22(28)27(23(21)29)19-6-4-18(24)5-7-19/h2-9,21H,10-16H2,1H3. The summed E-state index contributed by atoms with van der Waals surface area (Å²) in [7, 11) is -4.00. The molecule has 10 heteroatoms. The van der Waals surface area contributed by atoms with Crippen LogP contribution in [-0.2, 0) is 24.3 Å². The summed E-state index contributed by atoms with van der Waals surface area (Å²) in [5.41, 5.74) is 1.39. The zero-order valence-corrected chi connectivity index (χ0v) is 21.3. The predicted molar refractivity (Wildman–Crippen MR) is 132 cm³/mol. The molecular formula is C23H26IN3O5S. The Balaban J connectivity index is 1.64. The lowest BCUT2D eigenvalue weighted by atomic mass is 10.2. The van der Waals surface area contributed by atoms with Gasteiger partial charge in [-0.05, 0) is 65.9 Å². The molecule has 2 aromatic rings. The van der Waals surface area contributed by atoms with Crippen LogP contribution in [0.2, 0.25) is 0 Å². The first-order chi connectivity index (χ1) is 15.8. The van der Waals surface area contributed by atoms with Crippen molar-refractivity contribution in [3.63, 3.8) is 0 Å². The Bertz CT molecular complexity index is 1120. The molecule has 0 bridgehead atoms. The molecule has 2 aromatic carbocycles. The number of carbonyl (C=O) groups is 2. The van der Waals surface area contributed by atoms with E-state index in [1.54, 1.807) is 36.4 Å². The molecule has 33 heavy (non-hydrogen) atoms. The number of imide groups is 1. The lowest BCUT2D eigenvalue weighted by Gasteiger charge is -2.31.